The summed E-state index contributed by atoms with van der Waals surface area (Å²) < 4.78 is 10.6. The number of carbonyl (C=O) groups excluding carboxylic acids is 1. The van der Waals surface area contributed by atoms with Crippen molar-refractivity contribution in [3.63, 3.8) is 0 Å². The highest BCUT2D eigenvalue weighted by Crippen LogP contribution is 2.35. The van der Waals surface area contributed by atoms with Gasteiger partial charge in [-0.1, -0.05) is 12.2 Å². The number of carbonyl (C=O) groups is 1. The van der Waals surface area contributed by atoms with Crippen molar-refractivity contribution in [2.45, 2.75) is 23.7 Å². The van der Waals surface area contributed by atoms with Gasteiger partial charge in [-0.15, -0.1) is 0 Å². The Balaban J connectivity index is 1.92. The highest BCUT2D eigenvalue weighted by molar-refractivity contribution is 8.02. The fourth-order valence-electron chi connectivity index (χ4n) is 2.47. The molecule has 0 aromatic rings. The van der Waals surface area contributed by atoms with Gasteiger partial charge in [0.1, 0.15) is 0 Å². The molecule has 1 unspecified atom stereocenters. The summed E-state index contributed by atoms with van der Waals surface area (Å²) in [6, 6.07) is 0. The van der Waals surface area contributed by atoms with Crippen LogP contribution in [0.4, 0.5) is 0 Å². The van der Waals surface area contributed by atoms with Gasteiger partial charge in [0.15, 0.2) is 6.10 Å². The molecule has 1 amide bonds. The standard InChI is InChI=1S/C12H20N2O3S2/c1-19-12(11(13)18)2-4-14(5-3-12)10(15)9-8-16-6-7-17-9/h9H,2-8H2,1H3,(H2,13,18). The number of hydrogen-bond donors (Lipinski definition) is 1. The molecule has 2 N–H and O–H groups in total. The summed E-state index contributed by atoms with van der Waals surface area (Å²) in [5.74, 6) is 0.0253. The molecular weight excluding hydrogens is 284 g/mol. The lowest BCUT2D eigenvalue weighted by Crippen LogP contribution is -2.54. The van der Waals surface area contributed by atoms with E-state index in [-0.39, 0.29) is 10.7 Å². The Bertz CT molecular complexity index is 351. The Labute approximate surface area is 123 Å². The van der Waals surface area contributed by atoms with E-state index in [1.54, 1.807) is 11.8 Å². The molecule has 0 radical (unpaired) electrons. The van der Waals surface area contributed by atoms with E-state index in [2.05, 4.69) is 0 Å². The largest absolute Gasteiger partial charge is 0.392 e. The summed E-state index contributed by atoms with van der Waals surface area (Å²) >= 11 is 6.86. The maximum absolute atomic E-state index is 12.3. The smallest absolute Gasteiger partial charge is 0.254 e. The van der Waals surface area contributed by atoms with Crippen LogP contribution in [0, 0.1) is 0 Å². The zero-order valence-corrected chi connectivity index (χ0v) is 12.7. The third-order valence-corrected chi connectivity index (χ3v) is 5.74. The van der Waals surface area contributed by atoms with Crippen molar-refractivity contribution in [1.82, 2.24) is 4.90 Å². The van der Waals surface area contributed by atoms with Crippen LogP contribution in [0.1, 0.15) is 12.8 Å². The Morgan fingerprint density at radius 1 is 1.42 bits per heavy atom. The van der Waals surface area contributed by atoms with Crippen LogP contribution >= 0.6 is 24.0 Å². The Morgan fingerprint density at radius 2 is 2.11 bits per heavy atom. The Hall–Kier alpha value is -0.370. The number of nitrogens with zero attached hydrogens (tertiary/aromatic N) is 1. The Kier molecular flexibility index (Phi) is 5.05. The average molecular weight is 304 g/mol. The average Bonchev–Trinajstić information content (AvgIpc) is 2.47. The molecule has 19 heavy (non-hydrogen) atoms. The van der Waals surface area contributed by atoms with Crippen molar-refractivity contribution in [1.29, 1.82) is 0 Å². The maximum atomic E-state index is 12.3. The van der Waals surface area contributed by atoms with E-state index in [1.807, 2.05) is 11.2 Å². The minimum Gasteiger partial charge on any atom is -0.392 e. The van der Waals surface area contributed by atoms with Crippen molar-refractivity contribution in [3.8, 4) is 0 Å². The summed E-state index contributed by atoms with van der Waals surface area (Å²) in [5, 5.41) is 0. The van der Waals surface area contributed by atoms with Crippen LogP contribution in [0.5, 0.6) is 0 Å². The number of amides is 1. The van der Waals surface area contributed by atoms with Crippen LogP contribution in [-0.2, 0) is 14.3 Å². The number of nitrogens with two attached hydrogens (primary N) is 1. The summed E-state index contributed by atoms with van der Waals surface area (Å²) in [7, 11) is 0. The highest BCUT2D eigenvalue weighted by atomic mass is 32.2. The summed E-state index contributed by atoms with van der Waals surface area (Å²) in [5.41, 5.74) is 5.84. The van der Waals surface area contributed by atoms with Crippen molar-refractivity contribution in [2.24, 2.45) is 5.73 Å². The number of thioether (sulfide) groups is 1. The van der Waals surface area contributed by atoms with Gasteiger partial charge in [-0.2, -0.15) is 11.8 Å². The molecule has 0 aliphatic carbocycles. The van der Waals surface area contributed by atoms with Crippen LogP contribution in [-0.4, -0.2) is 65.8 Å². The van der Waals surface area contributed by atoms with Gasteiger partial charge in [-0.05, 0) is 19.1 Å². The van der Waals surface area contributed by atoms with E-state index in [0.29, 0.717) is 37.9 Å². The lowest BCUT2D eigenvalue weighted by Gasteiger charge is -2.41. The molecule has 0 spiro atoms. The fraction of sp³-hybridized carbons (Fsp3) is 0.833. The quantitative estimate of drug-likeness (QED) is 0.762. The number of thiocarbonyl (C=S) groups is 1. The predicted octanol–water partition coefficient (Wildman–Crippen LogP) is 0.412. The molecular formula is C12H20N2O3S2. The fourth-order valence-corrected chi connectivity index (χ4v) is 3.72. The van der Waals surface area contributed by atoms with Gasteiger partial charge in [-0.25, -0.2) is 0 Å². The summed E-state index contributed by atoms with van der Waals surface area (Å²) in [4.78, 5) is 14.7. The first-order valence-electron chi connectivity index (χ1n) is 6.42. The topological polar surface area (TPSA) is 64.8 Å². The van der Waals surface area contributed by atoms with Crippen LogP contribution in [0.3, 0.4) is 0 Å². The first kappa shape index (κ1) is 15.0. The number of rotatable bonds is 3. The molecule has 2 aliphatic rings. The second-order valence-electron chi connectivity index (χ2n) is 4.82. The molecule has 2 rings (SSSR count). The van der Waals surface area contributed by atoms with Gasteiger partial charge in [0.05, 0.1) is 29.6 Å². The zero-order chi connectivity index (χ0) is 13.9. The van der Waals surface area contributed by atoms with E-state index in [1.165, 1.54) is 0 Å². The number of ether oxygens (including phenoxy) is 2. The van der Waals surface area contributed by atoms with Crippen LogP contribution in [0.15, 0.2) is 0 Å². The van der Waals surface area contributed by atoms with Gasteiger partial charge in [-0.3, -0.25) is 4.79 Å². The minimum absolute atomic E-state index is 0.0253. The highest BCUT2D eigenvalue weighted by Gasteiger charge is 2.39. The third-order valence-electron chi connectivity index (χ3n) is 3.81. The molecule has 0 saturated carbocycles. The molecule has 0 bridgehead atoms. The van der Waals surface area contributed by atoms with Crippen LogP contribution in [0.25, 0.3) is 0 Å². The van der Waals surface area contributed by atoms with Crippen LogP contribution < -0.4 is 5.73 Å². The van der Waals surface area contributed by atoms with E-state index >= 15 is 0 Å². The van der Waals surface area contributed by atoms with Gasteiger partial charge in [0.25, 0.3) is 5.91 Å². The molecule has 108 valence electrons. The number of hydrogen-bond acceptors (Lipinski definition) is 5. The van der Waals surface area contributed by atoms with Crippen LogP contribution in [0.2, 0.25) is 0 Å². The van der Waals surface area contributed by atoms with E-state index in [9.17, 15) is 4.79 Å². The molecule has 5 nitrogen and oxygen atoms in total. The molecule has 2 aliphatic heterocycles. The number of likely N-dealkylation sites (tertiary alicyclic amines) is 1. The van der Waals surface area contributed by atoms with Gasteiger partial charge in [0.2, 0.25) is 0 Å². The van der Waals surface area contributed by atoms with E-state index in [4.69, 9.17) is 27.4 Å². The second-order valence-corrected chi connectivity index (χ2v) is 6.45. The molecule has 2 saturated heterocycles. The molecule has 7 heteroatoms. The van der Waals surface area contributed by atoms with Crippen molar-refractivity contribution in [2.75, 3.05) is 39.2 Å². The lowest BCUT2D eigenvalue weighted by molar-refractivity contribution is -0.158. The van der Waals surface area contributed by atoms with E-state index in [0.717, 1.165) is 12.8 Å². The molecule has 2 heterocycles. The van der Waals surface area contributed by atoms with Crippen molar-refractivity contribution < 1.29 is 14.3 Å². The van der Waals surface area contributed by atoms with Gasteiger partial charge >= 0.3 is 0 Å². The third kappa shape index (κ3) is 3.21. The normalized spacial score (nSPS) is 27.0. The molecule has 0 aromatic carbocycles. The molecule has 2 fully saturated rings. The maximum Gasteiger partial charge on any atom is 0.254 e. The lowest BCUT2D eigenvalue weighted by atomic mass is 9.95. The molecule has 0 aromatic heterocycles. The monoisotopic (exact) mass is 304 g/mol. The molecule has 1 atom stereocenters. The first-order chi connectivity index (χ1) is 9.09. The van der Waals surface area contributed by atoms with Crippen molar-refractivity contribution in [3.05, 3.63) is 0 Å². The second kappa shape index (κ2) is 6.39. The summed E-state index contributed by atoms with van der Waals surface area (Å²) in [6.45, 7) is 2.78. The Morgan fingerprint density at radius 3 is 2.58 bits per heavy atom. The minimum atomic E-state index is -0.444. The zero-order valence-electron chi connectivity index (χ0n) is 11.1. The van der Waals surface area contributed by atoms with Crippen molar-refractivity contribution >= 4 is 34.9 Å². The number of piperidine rings is 1. The van der Waals surface area contributed by atoms with E-state index < -0.39 is 6.10 Å². The predicted molar refractivity (Wildman–Crippen MR) is 79.4 cm³/mol. The van der Waals surface area contributed by atoms with Gasteiger partial charge in [0, 0.05) is 13.1 Å². The summed E-state index contributed by atoms with van der Waals surface area (Å²) in [6.07, 6.45) is 3.20. The first-order valence-corrected chi connectivity index (χ1v) is 8.05. The van der Waals surface area contributed by atoms with Gasteiger partial charge < -0.3 is 20.1 Å². The SMILES string of the molecule is CSC1(C(N)=S)CCN(C(=O)C2COCCO2)CC1.